The molecule has 1 fully saturated rings. The molecule has 1 saturated carbocycles. The number of hydrogen-bond donors (Lipinski definition) is 2. The predicted molar refractivity (Wildman–Crippen MR) is 112 cm³/mol. The average molecular weight is 396 g/mol. The molecule has 2 N–H and O–H groups in total. The summed E-state index contributed by atoms with van der Waals surface area (Å²) < 4.78 is 16.9. The van der Waals surface area contributed by atoms with E-state index in [1.54, 1.807) is 13.2 Å². The van der Waals surface area contributed by atoms with Crippen LogP contribution in [0.2, 0.25) is 0 Å². The summed E-state index contributed by atoms with van der Waals surface area (Å²) in [5.41, 5.74) is 2.23. The van der Waals surface area contributed by atoms with Gasteiger partial charge in [-0.2, -0.15) is 0 Å². The van der Waals surface area contributed by atoms with Crippen LogP contribution < -0.4 is 24.8 Å². The van der Waals surface area contributed by atoms with Gasteiger partial charge in [-0.1, -0.05) is 12.1 Å². The fraction of sp³-hybridized carbons (Fsp3) is 0.455. The molecule has 2 aromatic rings. The summed E-state index contributed by atoms with van der Waals surface area (Å²) in [4.78, 5) is 8.75. The molecule has 0 unspecified atom stereocenters. The number of ether oxygens (including phenoxy) is 3. The first-order chi connectivity index (χ1) is 14.3. The summed E-state index contributed by atoms with van der Waals surface area (Å²) in [5.74, 6) is 3.10. The van der Waals surface area contributed by atoms with E-state index in [0.29, 0.717) is 19.4 Å². The number of nitrogens with zero attached hydrogens (tertiary/aromatic N) is 2. The van der Waals surface area contributed by atoms with Gasteiger partial charge < -0.3 is 24.8 Å². The molecule has 1 aliphatic carbocycles. The van der Waals surface area contributed by atoms with E-state index in [1.165, 1.54) is 18.4 Å². The monoisotopic (exact) mass is 396 g/mol. The third-order valence-corrected chi connectivity index (χ3v) is 5.24. The van der Waals surface area contributed by atoms with Crippen molar-refractivity contribution in [3.63, 3.8) is 0 Å². The van der Waals surface area contributed by atoms with Crippen molar-refractivity contribution in [1.82, 2.24) is 15.6 Å². The molecule has 0 atom stereocenters. The lowest BCUT2D eigenvalue weighted by Gasteiger charge is -2.17. The molecule has 1 aromatic carbocycles. The first-order valence-electron chi connectivity index (χ1n) is 10.3. The van der Waals surface area contributed by atoms with Crippen LogP contribution in [0.4, 0.5) is 0 Å². The predicted octanol–water partition coefficient (Wildman–Crippen LogP) is 3.04. The van der Waals surface area contributed by atoms with E-state index in [1.807, 2.05) is 24.3 Å². The van der Waals surface area contributed by atoms with E-state index < -0.39 is 0 Å². The molecule has 0 bridgehead atoms. The molecule has 1 aliphatic heterocycles. The van der Waals surface area contributed by atoms with E-state index >= 15 is 0 Å². The smallest absolute Gasteiger partial charge is 0.231 e. The van der Waals surface area contributed by atoms with Crippen LogP contribution in [0, 0.1) is 0 Å². The number of hydrogen-bond acceptors (Lipinski definition) is 5. The van der Waals surface area contributed by atoms with Gasteiger partial charge >= 0.3 is 0 Å². The van der Waals surface area contributed by atoms with Gasteiger partial charge in [0.1, 0.15) is 6.10 Å². The SMILES string of the molecule is CN=C(NCCc1ccc2c(c1)OCO2)NCc1cccnc1OC1CCCC1. The lowest BCUT2D eigenvalue weighted by atomic mass is 10.1. The summed E-state index contributed by atoms with van der Waals surface area (Å²) >= 11 is 0. The highest BCUT2D eigenvalue weighted by molar-refractivity contribution is 5.79. The van der Waals surface area contributed by atoms with Gasteiger partial charge in [0.2, 0.25) is 12.7 Å². The van der Waals surface area contributed by atoms with Crippen LogP contribution in [-0.2, 0) is 13.0 Å². The van der Waals surface area contributed by atoms with E-state index in [9.17, 15) is 0 Å². The molecular formula is C22H28N4O3. The van der Waals surface area contributed by atoms with Gasteiger partial charge in [0, 0.05) is 31.9 Å². The van der Waals surface area contributed by atoms with Crippen molar-refractivity contribution < 1.29 is 14.2 Å². The lowest BCUT2D eigenvalue weighted by molar-refractivity contribution is 0.174. The molecule has 29 heavy (non-hydrogen) atoms. The Kier molecular flexibility index (Phi) is 6.34. The Morgan fingerprint density at radius 1 is 1.17 bits per heavy atom. The standard InChI is InChI=1S/C22H28N4O3/c1-23-22(25-12-10-16-8-9-19-20(13-16)28-15-27-19)26-14-17-5-4-11-24-21(17)29-18-6-2-3-7-18/h4-5,8-9,11,13,18H,2-3,6-7,10,12,14-15H2,1H3,(H2,23,25,26). The minimum Gasteiger partial charge on any atom is -0.474 e. The zero-order valence-corrected chi connectivity index (χ0v) is 16.8. The molecule has 0 spiro atoms. The highest BCUT2D eigenvalue weighted by Gasteiger charge is 2.18. The van der Waals surface area contributed by atoms with E-state index in [0.717, 1.165) is 54.7 Å². The van der Waals surface area contributed by atoms with Crippen molar-refractivity contribution in [2.24, 2.45) is 4.99 Å². The van der Waals surface area contributed by atoms with E-state index in [2.05, 4.69) is 26.7 Å². The summed E-state index contributed by atoms with van der Waals surface area (Å²) in [6.07, 6.45) is 7.66. The molecule has 4 rings (SSSR count). The van der Waals surface area contributed by atoms with Crippen LogP contribution in [0.25, 0.3) is 0 Å². The number of rotatable bonds is 7. The Labute approximate surface area is 171 Å². The van der Waals surface area contributed by atoms with Crippen LogP contribution in [0.3, 0.4) is 0 Å². The van der Waals surface area contributed by atoms with Gasteiger partial charge in [0.25, 0.3) is 0 Å². The van der Waals surface area contributed by atoms with Crippen LogP contribution in [-0.4, -0.2) is 37.4 Å². The van der Waals surface area contributed by atoms with Crippen LogP contribution in [0.1, 0.15) is 36.8 Å². The van der Waals surface area contributed by atoms with Gasteiger partial charge in [-0.3, -0.25) is 4.99 Å². The molecule has 154 valence electrons. The maximum atomic E-state index is 6.11. The zero-order chi connectivity index (χ0) is 19.9. The topological polar surface area (TPSA) is 77.0 Å². The average Bonchev–Trinajstić information content (AvgIpc) is 3.43. The second kappa shape index (κ2) is 9.49. The van der Waals surface area contributed by atoms with Gasteiger partial charge in [-0.25, -0.2) is 4.98 Å². The zero-order valence-electron chi connectivity index (χ0n) is 16.8. The first kappa shape index (κ1) is 19.4. The third kappa shape index (κ3) is 5.10. The molecule has 2 aliphatic rings. The maximum Gasteiger partial charge on any atom is 0.231 e. The number of nitrogens with one attached hydrogen (secondary N) is 2. The number of fused-ring (bicyclic) bond motifs is 1. The fourth-order valence-corrected chi connectivity index (χ4v) is 3.65. The van der Waals surface area contributed by atoms with Gasteiger partial charge in [-0.05, 0) is 55.9 Å². The van der Waals surface area contributed by atoms with Crippen LogP contribution in [0.15, 0.2) is 41.5 Å². The van der Waals surface area contributed by atoms with E-state index in [4.69, 9.17) is 14.2 Å². The number of benzene rings is 1. The largest absolute Gasteiger partial charge is 0.474 e. The Bertz CT molecular complexity index is 850. The van der Waals surface area contributed by atoms with Crippen LogP contribution >= 0.6 is 0 Å². The number of pyridine rings is 1. The Morgan fingerprint density at radius 2 is 2.03 bits per heavy atom. The number of aliphatic imine (C=N–C) groups is 1. The molecule has 1 aromatic heterocycles. The van der Waals surface area contributed by atoms with Gasteiger partial charge in [0.15, 0.2) is 17.5 Å². The highest BCUT2D eigenvalue weighted by atomic mass is 16.7. The van der Waals surface area contributed by atoms with Crippen molar-refractivity contribution in [2.45, 2.75) is 44.8 Å². The number of aromatic nitrogens is 1. The Morgan fingerprint density at radius 3 is 2.90 bits per heavy atom. The minimum absolute atomic E-state index is 0.294. The lowest BCUT2D eigenvalue weighted by Crippen LogP contribution is -2.38. The molecular weight excluding hydrogens is 368 g/mol. The Hall–Kier alpha value is -2.96. The normalized spacial score (nSPS) is 16.1. The van der Waals surface area contributed by atoms with Crippen molar-refractivity contribution >= 4 is 5.96 Å². The minimum atomic E-state index is 0.294. The molecule has 2 heterocycles. The summed E-state index contributed by atoms with van der Waals surface area (Å²) in [7, 11) is 1.77. The molecule has 7 heteroatoms. The second-order valence-electron chi connectivity index (χ2n) is 7.28. The molecule has 7 nitrogen and oxygen atoms in total. The highest BCUT2D eigenvalue weighted by Crippen LogP contribution is 2.32. The van der Waals surface area contributed by atoms with Crippen molar-refractivity contribution in [2.75, 3.05) is 20.4 Å². The fourth-order valence-electron chi connectivity index (χ4n) is 3.65. The third-order valence-electron chi connectivity index (χ3n) is 5.24. The second-order valence-corrected chi connectivity index (χ2v) is 7.28. The Balaban J connectivity index is 1.26. The van der Waals surface area contributed by atoms with Gasteiger partial charge in [-0.15, -0.1) is 0 Å². The molecule has 0 saturated heterocycles. The molecule has 0 radical (unpaired) electrons. The van der Waals surface area contributed by atoms with Crippen molar-refractivity contribution in [1.29, 1.82) is 0 Å². The first-order valence-corrected chi connectivity index (χ1v) is 10.3. The van der Waals surface area contributed by atoms with Crippen molar-refractivity contribution in [3.8, 4) is 17.4 Å². The van der Waals surface area contributed by atoms with Gasteiger partial charge in [0.05, 0.1) is 0 Å². The summed E-state index contributed by atoms with van der Waals surface area (Å²) in [5, 5.41) is 6.71. The summed E-state index contributed by atoms with van der Waals surface area (Å²) in [6, 6.07) is 10.0. The quantitative estimate of drug-likeness (QED) is 0.553. The maximum absolute atomic E-state index is 6.11. The number of guanidine groups is 1. The summed E-state index contributed by atoms with van der Waals surface area (Å²) in [6.45, 7) is 1.67. The van der Waals surface area contributed by atoms with Crippen molar-refractivity contribution in [3.05, 3.63) is 47.7 Å². The van der Waals surface area contributed by atoms with E-state index in [-0.39, 0.29) is 0 Å². The molecule has 0 amide bonds. The van der Waals surface area contributed by atoms with Crippen LogP contribution in [0.5, 0.6) is 17.4 Å².